The standard InChI is InChI=1S/C10H16F3NO2/c1-16-8(15)9(6-14,7-2-3-7)4-5-10(11,12)13/h7H,2-6,14H2,1H3. The van der Waals surface area contributed by atoms with E-state index < -0.39 is 24.0 Å². The Balaban J connectivity index is 2.73. The van der Waals surface area contributed by atoms with Crippen molar-refractivity contribution >= 4 is 5.97 Å². The summed E-state index contributed by atoms with van der Waals surface area (Å²) in [6, 6.07) is 0. The molecule has 16 heavy (non-hydrogen) atoms. The van der Waals surface area contributed by atoms with E-state index in [1.807, 2.05) is 0 Å². The molecule has 0 saturated heterocycles. The zero-order chi connectivity index (χ0) is 12.4. The summed E-state index contributed by atoms with van der Waals surface area (Å²) >= 11 is 0. The van der Waals surface area contributed by atoms with Crippen LogP contribution >= 0.6 is 0 Å². The maximum atomic E-state index is 12.2. The summed E-state index contributed by atoms with van der Waals surface area (Å²) in [6.07, 6.45) is -4.02. The molecular weight excluding hydrogens is 223 g/mol. The van der Waals surface area contributed by atoms with Crippen LogP contribution in [0.4, 0.5) is 13.2 Å². The highest BCUT2D eigenvalue weighted by atomic mass is 19.4. The molecular formula is C10H16F3NO2. The monoisotopic (exact) mass is 239 g/mol. The Morgan fingerprint density at radius 3 is 2.25 bits per heavy atom. The molecule has 0 radical (unpaired) electrons. The van der Waals surface area contributed by atoms with Gasteiger partial charge in [0.25, 0.3) is 0 Å². The number of carbonyl (C=O) groups excluding carboxylic acids is 1. The normalized spacial score (nSPS) is 20.3. The van der Waals surface area contributed by atoms with Crippen molar-refractivity contribution in [2.75, 3.05) is 13.7 Å². The van der Waals surface area contributed by atoms with Crippen LogP contribution in [-0.4, -0.2) is 25.8 Å². The zero-order valence-electron chi connectivity index (χ0n) is 9.14. The van der Waals surface area contributed by atoms with Gasteiger partial charge in [0, 0.05) is 13.0 Å². The van der Waals surface area contributed by atoms with Crippen molar-refractivity contribution in [1.29, 1.82) is 0 Å². The predicted octanol–water partition coefficient (Wildman–Crippen LogP) is 1.86. The smallest absolute Gasteiger partial charge is 0.389 e. The number of hydrogen-bond donors (Lipinski definition) is 1. The van der Waals surface area contributed by atoms with Crippen LogP contribution in [0.25, 0.3) is 0 Å². The van der Waals surface area contributed by atoms with Crippen LogP contribution in [0.15, 0.2) is 0 Å². The minimum Gasteiger partial charge on any atom is -0.469 e. The quantitative estimate of drug-likeness (QED) is 0.745. The highest BCUT2D eigenvalue weighted by Gasteiger charge is 2.52. The summed E-state index contributed by atoms with van der Waals surface area (Å²) < 4.78 is 41.1. The third-order valence-electron chi connectivity index (χ3n) is 3.17. The van der Waals surface area contributed by atoms with Crippen LogP contribution in [0.1, 0.15) is 25.7 Å². The van der Waals surface area contributed by atoms with Gasteiger partial charge >= 0.3 is 12.1 Å². The second-order valence-electron chi connectivity index (χ2n) is 4.24. The Hall–Kier alpha value is -0.780. The third-order valence-corrected chi connectivity index (χ3v) is 3.17. The van der Waals surface area contributed by atoms with Gasteiger partial charge < -0.3 is 10.5 Å². The van der Waals surface area contributed by atoms with Crippen LogP contribution in [0, 0.1) is 11.3 Å². The lowest BCUT2D eigenvalue weighted by Crippen LogP contribution is -2.42. The fraction of sp³-hybridized carbons (Fsp3) is 0.900. The number of alkyl halides is 3. The maximum absolute atomic E-state index is 12.2. The summed E-state index contributed by atoms with van der Waals surface area (Å²) in [7, 11) is 1.18. The molecule has 3 nitrogen and oxygen atoms in total. The molecule has 1 fully saturated rings. The second-order valence-corrected chi connectivity index (χ2v) is 4.24. The van der Waals surface area contributed by atoms with Crippen LogP contribution < -0.4 is 5.73 Å². The van der Waals surface area contributed by atoms with Crippen molar-refractivity contribution in [2.45, 2.75) is 31.9 Å². The van der Waals surface area contributed by atoms with E-state index in [0.29, 0.717) is 0 Å². The number of halogens is 3. The van der Waals surface area contributed by atoms with Crippen molar-refractivity contribution in [3.63, 3.8) is 0 Å². The molecule has 0 aliphatic heterocycles. The largest absolute Gasteiger partial charge is 0.469 e. The Bertz CT molecular complexity index is 263. The fourth-order valence-electron chi connectivity index (χ4n) is 2.03. The van der Waals surface area contributed by atoms with Crippen molar-refractivity contribution < 1.29 is 22.7 Å². The molecule has 1 unspecified atom stereocenters. The van der Waals surface area contributed by atoms with Gasteiger partial charge in [-0.2, -0.15) is 13.2 Å². The van der Waals surface area contributed by atoms with Gasteiger partial charge in [0.1, 0.15) is 0 Å². The topological polar surface area (TPSA) is 52.3 Å². The summed E-state index contributed by atoms with van der Waals surface area (Å²) in [4.78, 5) is 11.6. The first kappa shape index (κ1) is 13.3. The molecule has 0 amide bonds. The molecule has 0 heterocycles. The molecule has 0 spiro atoms. The predicted molar refractivity (Wildman–Crippen MR) is 51.5 cm³/mol. The van der Waals surface area contributed by atoms with Gasteiger partial charge in [-0.3, -0.25) is 4.79 Å². The second kappa shape index (κ2) is 4.61. The van der Waals surface area contributed by atoms with Crippen LogP contribution in [0.2, 0.25) is 0 Å². The summed E-state index contributed by atoms with van der Waals surface area (Å²) in [5.41, 5.74) is 4.35. The molecule has 1 atom stereocenters. The number of methoxy groups -OCH3 is 1. The zero-order valence-corrected chi connectivity index (χ0v) is 9.14. The number of esters is 1. The lowest BCUT2D eigenvalue weighted by atomic mass is 9.78. The third kappa shape index (κ3) is 2.87. The van der Waals surface area contributed by atoms with Gasteiger partial charge in [0.05, 0.1) is 12.5 Å². The van der Waals surface area contributed by atoms with Crippen molar-refractivity contribution in [1.82, 2.24) is 0 Å². The van der Waals surface area contributed by atoms with Crippen molar-refractivity contribution in [3.05, 3.63) is 0 Å². The van der Waals surface area contributed by atoms with E-state index in [-0.39, 0.29) is 18.9 Å². The molecule has 1 saturated carbocycles. The lowest BCUT2D eigenvalue weighted by Gasteiger charge is -2.29. The summed E-state index contributed by atoms with van der Waals surface area (Å²) in [5.74, 6) is -0.658. The van der Waals surface area contributed by atoms with E-state index in [1.165, 1.54) is 7.11 Å². The Morgan fingerprint density at radius 2 is 1.94 bits per heavy atom. The average Bonchev–Trinajstić information content (AvgIpc) is 3.01. The van der Waals surface area contributed by atoms with Crippen LogP contribution in [0.5, 0.6) is 0 Å². The molecule has 1 aliphatic carbocycles. The molecule has 0 aromatic carbocycles. The number of carbonyl (C=O) groups is 1. The Kier molecular flexibility index (Phi) is 3.83. The molecule has 1 rings (SSSR count). The van der Waals surface area contributed by atoms with E-state index in [0.717, 1.165) is 12.8 Å². The van der Waals surface area contributed by atoms with Gasteiger partial charge in [-0.15, -0.1) is 0 Å². The van der Waals surface area contributed by atoms with E-state index in [1.54, 1.807) is 0 Å². The first-order valence-electron chi connectivity index (χ1n) is 5.21. The molecule has 0 bridgehead atoms. The molecule has 1 aliphatic rings. The average molecular weight is 239 g/mol. The van der Waals surface area contributed by atoms with Gasteiger partial charge in [-0.25, -0.2) is 0 Å². The van der Waals surface area contributed by atoms with Gasteiger partial charge in [-0.05, 0) is 25.2 Å². The lowest BCUT2D eigenvalue weighted by molar-refractivity contribution is -0.162. The maximum Gasteiger partial charge on any atom is 0.389 e. The highest BCUT2D eigenvalue weighted by molar-refractivity contribution is 5.78. The number of ether oxygens (including phenoxy) is 1. The summed E-state index contributed by atoms with van der Waals surface area (Å²) in [5, 5.41) is 0. The van der Waals surface area contributed by atoms with Crippen LogP contribution in [0.3, 0.4) is 0 Å². The first-order valence-corrected chi connectivity index (χ1v) is 5.21. The molecule has 0 aromatic heterocycles. The Morgan fingerprint density at radius 1 is 1.38 bits per heavy atom. The van der Waals surface area contributed by atoms with Crippen molar-refractivity contribution in [2.24, 2.45) is 17.1 Å². The number of nitrogens with two attached hydrogens (primary N) is 1. The molecule has 94 valence electrons. The van der Waals surface area contributed by atoms with Gasteiger partial charge in [0.15, 0.2) is 0 Å². The minimum absolute atomic E-state index is 0.0488. The first-order chi connectivity index (χ1) is 7.35. The van der Waals surface area contributed by atoms with Crippen molar-refractivity contribution in [3.8, 4) is 0 Å². The summed E-state index contributed by atoms with van der Waals surface area (Å²) in [6.45, 7) is -0.0829. The Labute approximate surface area is 92.1 Å². The van der Waals surface area contributed by atoms with E-state index in [4.69, 9.17) is 5.73 Å². The molecule has 0 aromatic rings. The molecule has 2 N–H and O–H groups in total. The fourth-order valence-corrected chi connectivity index (χ4v) is 2.03. The van der Waals surface area contributed by atoms with E-state index in [2.05, 4.69) is 4.74 Å². The number of hydrogen-bond acceptors (Lipinski definition) is 3. The minimum atomic E-state index is -4.26. The van der Waals surface area contributed by atoms with E-state index in [9.17, 15) is 18.0 Å². The van der Waals surface area contributed by atoms with Crippen LogP contribution in [-0.2, 0) is 9.53 Å². The van der Waals surface area contributed by atoms with E-state index >= 15 is 0 Å². The number of rotatable bonds is 5. The molecule has 6 heteroatoms. The van der Waals surface area contributed by atoms with Gasteiger partial charge in [-0.1, -0.05) is 0 Å². The highest BCUT2D eigenvalue weighted by Crippen LogP contribution is 2.49. The van der Waals surface area contributed by atoms with Gasteiger partial charge in [0.2, 0.25) is 0 Å². The SMILES string of the molecule is COC(=O)C(CN)(CCC(F)(F)F)C1CC1.